The molecule has 2 saturated heterocycles. The minimum absolute atomic E-state index is 0.754. The lowest BCUT2D eigenvalue weighted by Gasteiger charge is -2.46. The molecule has 0 aromatic heterocycles. The minimum Gasteiger partial charge on any atom is -0.231 e. The maximum atomic E-state index is 2.74. The van der Waals surface area contributed by atoms with Crippen LogP contribution in [0.15, 0.2) is 12.2 Å². The molecule has 0 radical (unpaired) electrons. The van der Waals surface area contributed by atoms with Gasteiger partial charge in [0.2, 0.25) is 0 Å². The van der Waals surface area contributed by atoms with Crippen LogP contribution in [0.2, 0.25) is 0 Å². The van der Waals surface area contributed by atoms with Crippen LogP contribution in [0.25, 0.3) is 0 Å². The Kier molecular flexibility index (Phi) is 1.47. The van der Waals surface area contributed by atoms with E-state index < -0.39 is 0 Å². The molecule has 3 fully saturated rings. The molecule has 2 aliphatic carbocycles. The molecule has 0 aromatic rings. The van der Waals surface area contributed by atoms with Crippen molar-refractivity contribution in [2.75, 3.05) is 0 Å². The molecule has 0 spiro atoms. The molecule has 5 aliphatic rings. The van der Waals surface area contributed by atoms with Gasteiger partial charge in [0.05, 0.1) is 0 Å². The van der Waals surface area contributed by atoms with Crippen LogP contribution in [-0.4, -0.2) is 34.2 Å². The van der Waals surface area contributed by atoms with Crippen LogP contribution >= 0.6 is 0 Å². The van der Waals surface area contributed by atoms with Crippen LogP contribution in [0.1, 0.15) is 38.5 Å². The first kappa shape index (κ1) is 7.89. The summed E-state index contributed by atoms with van der Waals surface area (Å²) in [5.74, 6) is 0. The highest BCUT2D eigenvalue weighted by atomic mass is 15.7. The van der Waals surface area contributed by atoms with E-state index in [-0.39, 0.29) is 0 Å². The summed E-state index contributed by atoms with van der Waals surface area (Å²) < 4.78 is 0. The monoisotopic (exact) mass is 190 g/mol. The van der Waals surface area contributed by atoms with E-state index in [1.807, 2.05) is 0 Å². The van der Waals surface area contributed by atoms with Crippen molar-refractivity contribution in [1.82, 2.24) is 10.0 Å². The molecular formula is C12H18N2. The average Bonchev–Trinajstić information content (AvgIpc) is 2.69. The van der Waals surface area contributed by atoms with E-state index in [9.17, 15) is 0 Å². The summed E-state index contributed by atoms with van der Waals surface area (Å²) in [5.41, 5.74) is 0. The van der Waals surface area contributed by atoms with Gasteiger partial charge in [-0.2, -0.15) is 0 Å². The Balaban J connectivity index is 1.78. The molecule has 4 bridgehead atoms. The van der Waals surface area contributed by atoms with Crippen molar-refractivity contribution in [3.63, 3.8) is 0 Å². The minimum atomic E-state index is 0.754. The van der Waals surface area contributed by atoms with Gasteiger partial charge in [0.15, 0.2) is 0 Å². The smallest absolute Gasteiger partial charge is 0.0429 e. The van der Waals surface area contributed by atoms with Crippen LogP contribution in [0.4, 0.5) is 0 Å². The maximum Gasteiger partial charge on any atom is 0.0429 e. The van der Waals surface area contributed by atoms with E-state index in [0.717, 1.165) is 24.2 Å². The Morgan fingerprint density at radius 3 is 1.93 bits per heavy atom. The summed E-state index contributed by atoms with van der Waals surface area (Å²) in [6.07, 6.45) is 13.5. The summed E-state index contributed by atoms with van der Waals surface area (Å²) in [6, 6.07) is 3.30. The Morgan fingerprint density at radius 1 is 0.786 bits per heavy atom. The zero-order chi connectivity index (χ0) is 9.12. The summed E-state index contributed by atoms with van der Waals surface area (Å²) in [4.78, 5) is 0. The molecule has 2 nitrogen and oxygen atoms in total. The number of hydrogen-bond acceptors (Lipinski definition) is 2. The average molecular weight is 190 g/mol. The molecule has 3 heterocycles. The quantitative estimate of drug-likeness (QED) is 0.539. The van der Waals surface area contributed by atoms with Gasteiger partial charge in [0.1, 0.15) is 0 Å². The van der Waals surface area contributed by atoms with Gasteiger partial charge >= 0.3 is 0 Å². The Morgan fingerprint density at radius 2 is 1.36 bits per heavy atom. The number of hydrazine groups is 1. The van der Waals surface area contributed by atoms with Crippen molar-refractivity contribution in [2.45, 2.75) is 62.7 Å². The van der Waals surface area contributed by atoms with Crippen molar-refractivity contribution in [3.8, 4) is 0 Å². The highest BCUT2D eigenvalue weighted by Gasteiger charge is 2.50. The van der Waals surface area contributed by atoms with Crippen LogP contribution in [0, 0.1) is 0 Å². The van der Waals surface area contributed by atoms with E-state index >= 15 is 0 Å². The standard InChI is InChI=1S/C12H18N2/c1-2-9-4-5-10(3-1)14-12-7-6-11(8-12)13(9)14/h4-5,9-12H,1-3,6-8H2/t9-,10+,11+,12-. The predicted octanol–water partition coefficient (Wildman–Crippen LogP) is 1.93. The van der Waals surface area contributed by atoms with E-state index in [1.54, 1.807) is 0 Å². The first-order chi connectivity index (χ1) is 6.93. The van der Waals surface area contributed by atoms with E-state index in [1.165, 1.54) is 38.5 Å². The number of rotatable bonds is 0. The molecule has 2 heteroatoms. The number of fused-ring (bicyclic) bond motifs is 4. The van der Waals surface area contributed by atoms with Gasteiger partial charge in [-0.05, 0) is 38.5 Å². The third-order valence-electron chi connectivity index (χ3n) is 4.63. The van der Waals surface area contributed by atoms with Gasteiger partial charge < -0.3 is 0 Å². The van der Waals surface area contributed by atoms with Crippen molar-refractivity contribution in [1.29, 1.82) is 0 Å². The molecule has 14 heavy (non-hydrogen) atoms. The molecule has 1 saturated carbocycles. The van der Waals surface area contributed by atoms with Crippen molar-refractivity contribution >= 4 is 0 Å². The van der Waals surface area contributed by atoms with Gasteiger partial charge in [-0.3, -0.25) is 0 Å². The fraction of sp³-hybridized carbons (Fsp3) is 0.833. The zero-order valence-electron chi connectivity index (χ0n) is 8.60. The number of nitrogens with zero attached hydrogens (tertiary/aromatic N) is 2. The lowest BCUT2D eigenvalue weighted by Crippen LogP contribution is -2.56. The highest BCUT2D eigenvalue weighted by molar-refractivity contribution is 5.14. The lowest BCUT2D eigenvalue weighted by atomic mass is 10.1. The van der Waals surface area contributed by atoms with Crippen LogP contribution < -0.4 is 0 Å². The third kappa shape index (κ3) is 0.842. The Labute approximate surface area is 85.5 Å². The van der Waals surface area contributed by atoms with E-state index in [2.05, 4.69) is 22.2 Å². The second-order valence-corrected chi connectivity index (χ2v) is 5.33. The first-order valence-electron chi connectivity index (χ1n) is 6.18. The molecular weight excluding hydrogens is 172 g/mol. The Bertz CT molecular complexity index is 260. The van der Waals surface area contributed by atoms with E-state index in [4.69, 9.17) is 0 Å². The fourth-order valence-corrected chi connectivity index (χ4v) is 4.10. The van der Waals surface area contributed by atoms with Gasteiger partial charge in [0, 0.05) is 24.2 Å². The summed E-state index contributed by atoms with van der Waals surface area (Å²) in [6.45, 7) is 0. The predicted molar refractivity (Wildman–Crippen MR) is 55.7 cm³/mol. The van der Waals surface area contributed by atoms with Gasteiger partial charge in [-0.15, -0.1) is 0 Å². The van der Waals surface area contributed by atoms with Crippen molar-refractivity contribution in [2.24, 2.45) is 0 Å². The van der Waals surface area contributed by atoms with Crippen LogP contribution in [0.5, 0.6) is 0 Å². The molecule has 4 atom stereocenters. The molecule has 76 valence electrons. The van der Waals surface area contributed by atoms with Crippen LogP contribution in [0.3, 0.4) is 0 Å². The first-order valence-corrected chi connectivity index (χ1v) is 6.18. The second kappa shape index (κ2) is 2.61. The third-order valence-corrected chi connectivity index (χ3v) is 4.63. The fourth-order valence-electron chi connectivity index (χ4n) is 4.10. The second-order valence-electron chi connectivity index (χ2n) is 5.33. The zero-order valence-corrected chi connectivity index (χ0v) is 8.60. The normalized spacial score (nSPS) is 51.1. The maximum absolute atomic E-state index is 2.74. The van der Waals surface area contributed by atoms with Gasteiger partial charge in [0.25, 0.3) is 0 Å². The molecule has 0 unspecified atom stereocenters. The summed E-state index contributed by atoms with van der Waals surface area (Å²) in [7, 11) is 0. The van der Waals surface area contributed by atoms with Crippen molar-refractivity contribution in [3.05, 3.63) is 12.2 Å². The molecule has 0 amide bonds. The van der Waals surface area contributed by atoms with Gasteiger partial charge in [-0.25, -0.2) is 10.0 Å². The summed E-state index contributed by atoms with van der Waals surface area (Å²) in [5, 5.41) is 5.48. The summed E-state index contributed by atoms with van der Waals surface area (Å²) >= 11 is 0. The SMILES string of the molecule is C1=C[C@H]2CCC[C@@H]1N1[C@@H]3CC[C@@H](C3)N21. The van der Waals surface area contributed by atoms with Gasteiger partial charge in [-0.1, -0.05) is 12.2 Å². The molecule has 0 N–H and O–H groups in total. The van der Waals surface area contributed by atoms with E-state index in [0.29, 0.717) is 0 Å². The Hall–Kier alpha value is -0.340. The molecule has 3 aliphatic heterocycles. The van der Waals surface area contributed by atoms with Crippen LogP contribution in [-0.2, 0) is 0 Å². The topological polar surface area (TPSA) is 6.48 Å². The van der Waals surface area contributed by atoms with Crippen molar-refractivity contribution < 1.29 is 0 Å². The molecule has 5 rings (SSSR count). The number of hydrogen-bond donors (Lipinski definition) is 0. The lowest BCUT2D eigenvalue weighted by molar-refractivity contribution is -0.0922. The molecule has 0 aromatic carbocycles. The largest absolute Gasteiger partial charge is 0.231 e. The highest BCUT2D eigenvalue weighted by Crippen LogP contribution is 2.45.